The molecule has 0 unspecified atom stereocenters. The third-order valence-corrected chi connectivity index (χ3v) is 2.92. The molecule has 0 saturated carbocycles. The average molecular weight is 300 g/mol. The predicted octanol–water partition coefficient (Wildman–Crippen LogP) is 0.581. The Morgan fingerprint density at radius 2 is 2.40 bits per heavy atom. The zero-order valence-electron chi connectivity index (χ0n) is 10.9. The minimum Gasteiger partial charge on any atom is -0.383 e. The van der Waals surface area contributed by atoms with Gasteiger partial charge in [0.1, 0.15) is 5.02 Å². The summed E-state index contributed by atoms with van der Waals surface area (Å²) in [5.41, 5.74) is 0.122. The number of hydrogen-bond acceptors (Lipinski definition) is 7. The maximum atomic E-state index is 11.9. The maximum absolute atomic E-state index is 11.9. The predicted molar refractivity (Wildman–Crippen MR) is 71.9 cm³/mol. The number of halogens is 1. The molecule has 0 saturated heterocycles. The fourth-order valence-corrected chi connectivity index (χ4v) is 1.75. The maximum Gasteiger partial charge on any atom is 0.287 e. The molecule has 0 bridgehead atoms. The van der Waals surface area contributed by atoms with Crippen LogP contribution < -0.4 is 10.9 Å². The van der Waals surface area contributed by atoms with E-state index < -0.39 is 0 Å². The normalized spacial score (nSPS) is 10.7. The van der Waals surface area contributed by atoms with Gasteiger partial charge in [-0.25, -0.2) is 4.68 Å². The van der Waals surface area contributed by atoms with Gasteiger partial charge in [0.25, 0.3) is 5.56 Å². The second-order valence-corrected chi connectivity index (χ2v) is 4.28. The Morgan fingerprint density at radius 1 is 1.55 bits per heavy atom. The number of ether oxygens (including phenoxy) is 1. The number of rotatable bonds is 7. The second kappa shape index (κ2) is 7.01. The minimum absolute atomic E-state index is 0.0987. The zero-order valence-corrected chi connectivity index (χ0v) is 11.6. The van der Waals surface area contributed by atoms with Gasteiger partial charge in [-0.1, -0.05) is 16.8 Å². The van der Waals surface area contributed by atoms with E-state index >= 15 is 0 Å². The van der Waals surface area contributed by atoms with Gasteiger partial charge in [0.2, 0.25) is 5.89 Å². The number of methoxy groups -OCH3 is 1. The molecule has 2 rings (SSSR count). The molecule has 0 fully saturated rings. The zero-order chi connectivity index (χ0) is 14.4. The van der Waals surface area contributed by atoms with Crippen LogP contribution in [0.15, 0.2) is 21.8 Å². The number of nitrogens with one attached hydrogen (secondary N) is 1. The highest BCUT2D eigenvalue weighted by Gasteiger charge is 2.09. The van der Waals surface area contributed by atoms with Crippen LogP contribution in [-0.2, 0) is 17.7 Å². The van der Waals surface area contributed by atoms with E-state index in [1.807, 2.05) is 0 Å². The van der Waals surface area contributed by atoms with Crippen LogP contribution in [0.25, 0.3) is 0 Å². The van der Waals surface area contributed by atoms with Crippen molar-refractivity contribution in [1.82, 2.24) is 19.9 Å². The third-order valence-electron chi connectivity index (χ3n) is 2.55. The van der Waals surface area contributed by atoms with Crippen LogP contribution in [0.1, 0.15) is 5.89 Å². The van der Waals surface area contributed by atoms with Gasteiger partial charge >= 0.3 is 0 Å². The lowest BCUT2D eigenvalue weighted by atomic mass is 10.4. The Bertz CT molecular complexity index is 599. The lowest BCUT2D eigenvalue weighted by molar-refractivity contribution is 0.182. The van der Waals surface area contributed by atoms with Crippen LogP contribution >= 0.6 is 11.6 Å². The van der Waals surface area contributed by atoms with Crippen molar-refractivity contribution in [3.05, 3.63) is 33.8 Å². The monoisotopic (exact) mass is 299 g/mol. The van der Waals surface area contributed by atoms with E-state index in [4.69, 9.17) is 20.9 Å². The summed E-state index contributed by atoms with van der Waals surface area (Å²) in [6, 6.07) is 0. The largest absolute Gasteiger partial charge is 0.383 e. The Hall–Kier alpha value is -1.93. The van der Waals surface area contributed by atoms with Crippen molar-refractivity contribution < 1.29 is 9.26 Å². The summed E-state index contributed by atoms with van der Waals surface area (Å²) in [5.74, 6) is 0.509. The molecule has 0 amide bonds. The van der Waals surface area contributed by atoms with Gasteiger partial charge in [-0.15, -0.1) is 0 Å². The quantitative estimate of drug-likeness (QED) is 0.799. The van der Waals surface area contributed by atoms with Gasteiger partial charge in [0.15, 0.2) is 6.33 Å². The molecule has 20 heavy (non-hydrogen) atoms. The van der Waals surface area contributed by atoms with Crippen LogP contribution in [0.2, 0.25) is 5.02 Å². The molecule has 2 aromatic heterocycles. The number of hydrogen-bond donors (Lipinski definition) is 1. The summed E-state index contributed by atoms with van der Waals surface area (Å²) in [7, 11) is 1.56. The van der Waals surface area contributed by atoms with Crippen LogP contribution in [0.3, 0.4) is 0 Å². The molecule has 0 spiro atoms. The highest BCUT2D eigenvalue weighted by atomic mass is 35.5. The van der Waals surface area contributed by atoms with Crippen LogP contribution in [0.5, 0.6) is 0 Å². The van der Waals surface area contributed by atoms with Crippen molar-refractivity contribution >= 4 is 17.3 Å². The van der Waals surface area contributed by atoms with Crippen molar-refractivity contribution in [2.45, 2.75) is 13.0 Å². The summed E-state index contributed by atoms with van der Waals surface area (Å²) >= 11 is 6.01. The number of nitrogens with zero attached hydrogens (tertiary/aromatic N) is 4. The standard InChI is InChI=1S/C11H14ClN5O3/c1-19-5-4-17-11(18)10(12)8(6-15-17)13-3-2-9-14-7-16-20-9/h6-7,13H,2-5H2,1H3. The van der Waals surface area contributed by atoms with E-state index in [1.54, 1.807) is 7.11 Å². The van der Waals surface area contributed by atoms with E-state index in [0.29, 0.717) is 37.7 Å². The van der Waals surface area contributed by atoms with Gasteiger partial charge in [0.05, 0.1) is 25.0 Å². The molecule has 2 aromatic rings. The summed E-state index contributed by atoms with van der Waals surface area (Å²) in [4.78, 5) is 15.8. The highest BCUT2D eigenvalue weighted by molar-refractivity contribution is 6.32. The smallest absolute Gasteiger partial charge is 0.287 e. The molecule has 2 heterocycles. The molecular formula is C11H14ClN5O3. The van der Waals surface area contributed by atoms with Crippen molar-refractivity contribution in [2.75, 3.05) is 25.6 Å². The van der Waals surface area contributed by atoms with Gasteiger partial charge < -0.3 is 14.6 Å². The summed E-state index contributed by atoms with van der Waals surface area (Å²) in [6.07, 6.45) is 3.37. The lowest BCUT2D eigenvalue weighted by Crippen LogP contribution is -2.26. The minimum atomic E-state index is -0.355. The van der Waals surface area contributed by atoms with Crippen LogP contribution in [-0.4, -0.2) is 40.2 Å². The molecule has 0 aliphatic heterocycles. The molecule has 0 atom stereocenters. The first-order valence-electron chi connectivity index (χ1n) is 5.96. The van der Waals surface area contributed by atoms with E-state index in [-0.39, 0.29) is 10.6 Å². The van der Waals surface area contributed by atoms with Crippen molar-refractivity contribution in [2.24, 2.45) is 0 Å². The van der Waals surface area contributed by atoms with E-state index in [0.717, 1.165) is 0 Å². The molecular weight excluding hydrogens is 286 g/mol. The first-order chi connectivity index (χ1) is 9.72. The van der Waals surface area contributed by atoms with Gasteiger partial charge in [-0.2, -0.15) is 10.1 Å². The molecule has 9 heteroatoms. The van der Waals surface area contributed by atoms with E-state index in [2.05, 4.69) is 20.6 Å². The van der Waals surface area contributed by atoms with Crippen LogP contribution in [0.4, 0.5) is 5.69 Å². The fraction of sp³-hybridized carbons (Fsp3) is 0.455. The summed E-state index contributed by atoms with van der Waals surface area (Å²) in [6.45, 7) is 1.26. The molecule has 0 aromatic carbocycles. The highest BCUT2D eigenvalue weighted by Crippen LogP contribution is 2.14. The van der Waals surface area contributed by atoms with E-state index in [9.17, 15) is 4.79 Å². The molecule has 8 nitrogen and oxygen atoms in total. The van der Waals surface area contributed by atoms with Crippen molar-refractivity contribution in [3.63, 3.8) is 0 Å². The first-order valence-corrected chi connectivity index (χ1v) is 6.34. The second-order valence-electron chi connectivity index (χ2n) is 3.91. The fourth-order valence-electron chi connectivity index (χ4n) is 1.54. The van der Waals surface area contributed by atoms with Crippen molar-refractivity contribution in [3.8, 4) is 0 Å². The molecule has 108 valence electrons. The topological polar surface area (TPSA) is 95.1 Å². The first kappa shape index (κ1) is 14.5. The van der Waals surface area contributed by atoms with Gasteiger partial charge in [0, 0.05) is 20.1 Å². The number of aromatic nitrogens is 4. The van der Waals surface area contributed by atoms with E-state index in [1.165, 1.54) is 17.2 Å². The molecule has 1 N–H and O–H groups in total. The Morgan fingerprint density at radius 3 is 3.10 bits per heavy atom. The number of anilines is 1. The summed E-state index contributed by atoms with van der Waals surface area (Å²) < 4.78 is 11.0. The Labute approximate surface area is 119 Å². The Kier molecular flexibility index (Phi) is 5.08. The third kappa shape index (κ3) is 3.55. The van der Waals surface area contributed by atoms with Gasteiger partial charge in [-0.05, 0) is 0 Å². The molecule has 0 radical (unpaired) electrons. The Balaban J connectivity index is 1.98. The van der Waals surface area contributed by atoms with Gasteiger partial charge in [-0.3, -0.25) is 4.79 Å². The lowest BCUT2D eigenvalue weighted by Gasteiger charge is -2.09. The van der Waals surface area contributed by atoms with Crippen molar-refractivity contribution in [1.29, 1.82) is 0 Å². The molecule has 0 aliphatic carbocycles. The summed E-state index contributed by atoms with van der Waals surface area (Å²) in [5, 5.41) is 10.6. The SMILES string of the molecule is COCCn1ncc(NCCc2ncno2)c(Cl)c1=O. The molecule has 0 aliphatic rings. The average Bonchev–Trinajstić information content (AvgIpc) is 2.96. The van der Waals surface area contributed by atoms with Crippen LogP contribution in [0, 0.1) is 0 Å².